The fraction of sp³-hybridized carbons (Fsp3) is 0.500. The Labute approximate surface area is 66.2 Å². The van der Waals surface area contributed by atoms with Gasteiger partial charge >= 0.3 is 6.18 Å². The van der Waals surface area contributed by atoms with Crippen molar-refractivity contribution in [3.8, 4) is 0 Å². The van der Waals surface area contributed by atoms with Crippen LogP contribution in [0.3, 0.4) is 0 Å². The van der Waals surface area contributed by atoms with Gasteiger partial charge in [-0.3, -0.25) is 5.10 Å². The molecule has 1 aromatic heterocycles. The fourth-order valence-electron chi connectivity index (χ4n) is 0.722. The van der Waals surface area contributed by atoms with Crippen LogP contribution in [0.1, 0.15) is 5.69 Å². The van der Waals surface area contributed by atoms with Gasteiger partial charge in [0.05, 0.1) is 0 Å². The van der Waals surface area contributed by atoms with Crippen molar-refractivity contribution in [3.63, 3.8) is 0 Å². The van der Waals surface area contributed by atoms with Gasteiger partial charge in [0.15, 0.2) is 6.10 Å². The average Bonchev–Trinajstić information content (AvgIpc) is 2.37. The van der Waals surface area contributed by atoms with Crippen LogP contribution in [0.5, 0.6) is 0 Å². The van der Waals surface area contributed by atoms with E-state index in [4.69, 9.17) is 5.11 Å². The minimum Gasteiger partial charge on any atom is -0.383 e. The zero-order valence-electron chi connectivity index (χ0n) is 5.97. The molecule has 2 N–H and O–H groups in total. The van der Waals surface area contributed by atoms with Gasteiger partial charge in [0.25, 0.3) is 0 Å². The molecule has 0 bridgehead atoms. The lowest BCUT2D eigenvalue weighted by Gasteiger charge is -2.12. The van der Waals surface area contributed by atoms with E-state index in [0.717, 1.165) is 0 Å². The maximum Gasteiger partial charge on any atom is 0.414 e. The molecule has 0 amide bonds. The monoisotopic (exact) mass is 180 g/mol. The van der Waals surface area contributed by atoms with E-state index < -0.39 is 18.7 Å². The summed E-state index contributed by atoms with van der Waals surface area (Å²) in [6.07, 6.45) is -6.04. The summed E-state index contributed by atoms with van der Waals surface area (Å²) in [5.74, 6) is 0. The third kappa shape index (κ3) is 2.23. The molecule has 1 unspecified atom stereocenters. The third-order valence-electron chi connectivity index (χ3n) is 1.35. The van der Waals surface area contributed by atoms with Gasteiger partial charge in [-0.15, -0.1) is 0 Å². The number of aromatic nitrogens is 2. The largest absolute Gasteiger partial charge is 0.414 e. The van der Waals surface area contributed by atoms with Crippen molar-refractivity contribution in [3.05, 3.63) is 18.0 Å². The summed E-state index contributed by atoms with van der Waals surface area (Å²) in [5.41, 5.74) is 0.264. The highest BCUT2D eigenvalue weighted by molar-refractivity contribution is 4.99. The van der Waals surface area contributed by atoms with Gasteiger partial charge in [0.1, 0.15) is 0 Å². The molecule has 12 heavy (non-hydrogen) atoms. The standard InChI is InChI=1S/C6H7F3N2O/c7-6(8,9)5(12)3-4-1-2-10-11-4/h1-2,5,12H,3H2,(H,10,11). The number of aliphatic hydroxyl groups is 1. The summed E-state index contributed by atoms with van der Waals surface area (Å²) in [4.78, 5) is 0. The van der Waals surface area contributed by atoms with Crippen molar-refractivity contribution >= 4 is 0 Å². The molecule has 1 aromatic rings. The van der Waals surface area contributed by atoms with E-state index in [1.165, 1.54) is 12.3 Å². The molecule has 0 aliphatic heterocycles. The Morgan fingerprint density at radius 2 is 2.25 bits per heavy atom. The van der Waals surface area contributed by atoms with E-state index in [1.807, 2.05) is 0 Å². The van der Waals surface area contributed by atoms with E-state index in [1.54, 1.807) is 0 Å². The Morgan fingerprint density at radius 1 is 1.58 bits per heavy atom. The van der Waals surface area contributed by atoms with Crippen molar-refractivity contribution < 1.29 is 18.3 Å². The molecular formula is C6H7F3N2O. The summed E-state index contributed by atoms with van der Waals surface area (Å²) in [6, 6.07) is 1.38. The molecular weight excluding hydrogens is 173 g/mol. The Morgan fingerprint density at radius 3 is 2.67 bits per heavy atom. The minimum atomic E-state index is -4.56. The van der Waals surface area contributed by atoms with E-state index in [2.05, 4.69) is 10.2 Å². The second-order valence-corrected chi connectivity index (χ2v) is 2.34. The molecule has 1 rings (SSSR count). The van der Waals surface area contributed by atoms with Crippen LogP contribution in [0.4, 0.5) is 13.2 Å². The Hall–Kier alpha value is -1.04. The summed E-state index contributed by atoms with van der Waals surface area (Å²) < 4.78 is 35.3. The van der Waals surface area contributed by atoms with Crippen LogP contribution in [0.2, 0.25) is 0 Å². The number of alkyl halides is 3. The molecule has 0 aromatic carbocycles. The fourth-order valence-corrected chi connectivity index (χ4v) is 0.722. The van der Waals surface area contributed by atoms with Gasteiger partial charge in [-0.05, 0) is 6.07 Å². The van der Waals surface area contributed by atoms with Crippen molar-refractivity contribution in [1.82, 2.24) is 10.2 Å². The summed E-state index contributed by atoms with van der Waals surface area (Å²) in [5, 5.41) is 14.4. The number of halogens is 3. The number of hydrogen-bond donors (Lipinski definition) is 2. The maximum absolute atomic E-state index is 11.8. The molecule has 0 radical (unpaired) electrons. The SMILES string of the molecule is OC(Cc1ccn[nH]1)C(F)(F)F. The molecule has 68 valence electrons. The van der Waals surface area contributed by atoms with E-state index in [-0.39, 0.29) is 5.69 Å². The molecule has 3 nitrogen and oxygen atoms in total. The van der Waals surface area contributed by atoms with Crippen LogP contribution in [-0.4, -0.2) is 27.6 Å². The predicted octanol–water partition coefficient (Wildman–Crippen LogP) is 0.875. The van der Waals surface area contributed by atoms with Crippen LogP contribution >= 0.6 is 0 Å². The van der Waals surface area contributed by atoms with Crippen LogP contribution in [0.25, 0.3) is 0 Å². The number of rotatable bonds is 2. The molecule has 0 saturated heterocycles. The van der Waals surface area contributed by atoms with Gasteiger partial charge in [0.2, 0.25) is 0 Å². The first-order chi connectivity index (χ1) is 5.50. The van der Waals surface area contributed by atoms with Crippen LogP contribution in [-0.2, 0) is 6.42 Å². The molecule has 1 atom stereocenters. The summed E-state index contributed by atoms with van der Waals surface area (Å²) in [7, 11) is 0. The lowest BCUT2D eigenvalue weighted by Crippen LogP contribution is -2.30. The number of nitrogens with one attached hydrogen (secondary N) is 1. The van der Waals surface area contributed by atoms with Crippen molar-refractivity contribution in [2.75, 3.05) is 0 Å². The number of H-pyrrole nitrogens is 1. The second-order valence-electron chi connectivity index (χ2n) is 2.34. The topological polar surface area (TPSA) is 48.9 Å². The summed E-state index contributed by atoms with van der Waals surface area (Å²) in [6.45, 7) is 0. The molecule has 0 spiro atoms. The predicted molar refractivity (Wildman–Crippen MR) is 34.4 cm³/mol. The minimum absolute atomic E-state index is 0.264. The number of aliphatic hydroxyl groups excluding tert-OH is 1. The smallest absolute Gasteiger partial charge is 0.383 e. The van der Waals surface area contributed by atoms with E-state index in [0.29, 0.717) is 0 Å². The normalized spacial score (nSPS) is 14.7. The quantitative estimate of drug-likeness (QED) is 0.709. The molecule has 0 aliphatic carbocycles. The first-order valence-electron chi connectivity index (χ1n) is 3.23. The third-order valence-corrected chi connectivity index (χ3v) is 1.35. The molecule has 0 aliphatic rings. The lowest BCUT2D eigenvalue weighted by atomic mass is 10.2. The van der Waals surface area contributed by atoms with Gasteiger partial charge in [-0.1, -0.05) is 0 Å². The van der Waals surface area contributed by atoms with Crippen LogP contribution < -0.4 is 0 Å². The Kier molecular flexibility index (Phi) is 2.37. The maximum atomic E-state index is 11.8. The number of nitrogens with zero attached hydrogens (tertiary/aromatic N) is 1. The molecule has 0 fully saturated rings. The van der Waals surface area contributed by atoms with Crippen molar-refractivity contribution in [2.24, 2.45) is 0 Å². The van der Waals surface area contributed by atoms with Gasteiger partial charge < -0.3 is 5.11 Å². The Balaban J connectivity index is 2.53. The first kappa shape index (κ1) is 9.05. The average molecular weight is 180 g/mol. The highest BCUT2D eigenvalue weighted by Crippen LogP contribution is 2.22. The lowest BCUT2D eigenvalue weighted by molar-refractivity contribution is -0.203. The Bertz CT molecular complexity index is 231. The number of hydrogen-bond acceptors (Lipinski definition) is 2. The highest BCUT2D eigenvalue weighted by atomic mass is 19.4. The second kappa shape index (κ2) is 3.14. The number of aromatic amines is 1. The van der Waals surface area contributed by atoms with Gasteiger partial charge in [-0.2, -0.15) is 18.3 Å². The van der Waals surface area contributed by atoms with Crippen LogP contribution in [0, 0.1) is 0 Å². The first-order valence-corrected chi connectivity index (χ1v) is 3.23. The van der Waals surface area contributed by atoms with Crippen LogP contribution in [0.15, 0.2) is 12.3 Å². The highest BCUT2D eigenvalue weighted by Gasteiger charge is 2.38. The van der Waals surface area contributed by atoms with E-state index in [9.17, 15) is 13.2 Å². The zero-order chi connectivity index (χ0) is 9.19. The van der Waals surface area contributed by atoms with Crippen molar-refractivity contribution in [1.29, 1.82) is 0 Å². The molecule has 0 saturated carbocycles. The van der Waals surface area contributed by atoms with Gasteiger partial charge in [-0.25, -0.2) is 0 Å². The molecule has 6 heteroatoms. The molecule has 1 heterocycles. The zero-order valence-corrected chi connectivity index (χ0v) is 5.97. The van der Waals surface area contributed by atoms with E-state index >= 15 is 0 Å². The van der Waals surface area contributed by atoms with Crippen molar-refractivity contribution in [2.45, 2.75) is 18.7 Å². The van der Waals surface area contributed by atoms with Gasteiger partial charge in [0, 0.05) is 18.3 Å². The summed E-state index contributed by atoms with van der Waals surface area (Å²) >= 11 is 0.